The van der Waals surface area contributed by atoms with Crippen LogP contribution in [-0.2, 0) is 4.79 Å². The van der Waals surface area contributed by atoms with Crippen LogP contribution < -0.4 is 5.32 Å². The van der Waals surface area contributed by atoms with Crippen molar-refractivity contribution < 1.29 is 14.0 Å². The van der Waals surface area contributed by atoms with Crippen molar-refractivity contribution in [1.29, 1.82) is 0 Å². The number of nitrogens with one attached hydrogen (secondary N) is 1. The Balaban J connectivity index is 1.89. The second kappa shape index (κ2) is 8.03. The van der Waals surface area contributed by atoms with Gasteiger partial charge in [-0.1, -0.05) is 34.1 Å². The molecule has 0 fully saturated rings. The highest BCUT2D eigenvalue weighted by molar-refractivity contribution is 9.10. The third kappa shape index (κ3) is 3.87. The summed E-state index contributed by atoms with van der Waals surface area (Å²) in [6, 6.07) is 16.5. The molecule has 152 valence electrons. The Kier molecular flexibility index (Phi) is 5.43. The van der Waals surface area contributed by atoms with Gasteiger partial charge in [-0.3, -0.25) is 9.59 Å². The van der Waals surface area contributed by atoms with Crippen molar-refractivity contribution in [2.75, 3.05) is 11.9 Å². The Morgan fingerprint density at radius 3 is 2.47 bits per heavy atom. The van der Waals surface area contributed by atoms with Gasteiger partial charge in [-0.2, -0.15) is 0 Å². The molecule has 0 saturated carbocycles. The van der Waals surface area contributed by atoms with Crippen LogP contribution in [0.15, 0.2) is 65.1 Å². The van der Waals surface area contributed by atoms with E-state index in [9.17, 15) is 14.0 Å². The van der Waals surface area contributed by atoms with Crippen molar-refractivity contribution in [2.24, 2.45) is 0 Å². The van der Waals surface area contributed by atoms with Gasteiger partial charge in [0.1, 0.15) is 12.4 Å². The van der Waals surface area contributed by atoms with Crippen molar-refractivity contribution in [3.8, 4) is 0 Å². The SMILES string of the molecule is Cc1ccc(C(=O)N2CC(=O)Nc3ccc(Br)cc3C2c2ccc(F)cc2)cc1C. The first-order valence-corrected chi connectivity index (χ1v) is 10.4. The molecule has 1 heterocycles. The predicted molar refractivity (Wildman–Crippen MR) is 118 cm³/mol. The Morgan fingerprint density at radius 1 is 1.03 bits per heavy atom. The molecule has 1 atom stereocenters. The van der Waals surface area contributed by atoms with E-state index < -0.39 is 6.04 Å². The van der Waals surface area contributed by atoms with Crippen LogP contribution in [0.1, 0.15) is 38.7 Å². The second-order valence-electron chi connectivity index (χ2n) is 7.47. The molecule has 2 amide bonds. The highest BCUT2D eigenvalue weighted by Gasteiger charge is 2.34. The number of benzene rings is 3. The minimum Gasteiger partial charge on any atom is -0.324 e. The number of fused-ring (bicyclic) bond motifs is 1. The van der Waals surface area contributed by atoms with E-state index in [2.05, 4.69) is 21.2 Å². The van der Waals surface area contributed by atoms with Gasteiger partial charge in [0.25, 0.3) is 5.91 Å². The van der Waals surface area contributed by atoms with Gasteiger partial charge in [0.05, 0.1) is 6.04 Å². The fourth-order valence-corrected chi connectivity index (χ4v) is 4.09. The minimum absolute atomic E-state index is 0.111. The van der Waals surface area contributed by atoms with Crippen LogP contribution in [-0.4, -0.2) is 23.3 Å². The molecule has 0 spiro atoms. The molecule has 0 bridgehead atoms. The van der Waals surface area contributed by atoms with E-state index in [1.54, 1.807) is 29.2 Å². The maximum absolute atomic E-state index is 13.6. The lowest BCUT2D eigenvalue weighted by molar-refractivity contribution is -0.117. The zero-order valence-electron chi connectivity index (χ0n) is 16.6. The van der Waals surface area contributed by atoms with E-state index >= 15 is 0 Å². The van der Waals surface area contributed by atoms with Crippen LogP contribution in [0.25, 0.3) is 0 Å². The molecule has 1 N–H and O–H groups in total. The average Bonchev–Trinajstić information content (AvgIpc) is 2.86. The molecular formula is C24H20BrFN2O2. The normalized spacial score (nSPS) is 15.9. The first-order chi connectivity index (χ1) is 14.3. The van der Waals surface area contributed by atoms with Crippen LogP contribution in [0.2, 0.25) is 0 Å². The van der Waals surface area contributed by atoms with E-state index in [4.69, 9.17) is 0 Å². The van der Waals surface area contributed by atoms with E-state index in [-0.39, 0.29) is 24.2 Å². The van der Waals surface area contributed by atoms with Gasteiger partial charge < -0.3 is 10.2 Å². The number of amides is 2. The third-order valence-electron chi connectivity index (χ3n) is 5.41. The molecule has 3 aromatic rings. The van der Waals surface area contributed by atoms with Crippen molar-refractivity contribution in [1.82, 2.24) is 4.90 Å². The number of carbonyl (C=O) groups excluding carboxylic acids is 2. The molecule has 0 radical (unpaired) electrons. The summed E-state index contributed by atoms with van der Waals surface area (Å²) < 4.78 is 14.4. The number of rotatable bonds is 2. The number of carbonyl (C=O) groups is 2. The second-order valence-corrected chi connectivity index (χ2v) is 8.38. The van der Waals surface area contributed by atoms with Crippen molar-refractivity contribution >= 4 is 33.4 Å². The van der Waals surface area contributed by atoms with Crippen molar-refractivity contribution in [3.63, 3.8) is 0 Å². The maximum Gasteiger partial charge on any atom is 0.255 e. The summed E-state index contributed by atoms with van der Waals surface area (Å²) in [5.41, 5.74) is 4.72. The van der Waals surface area contributed by atoms with Crippen LogP contribution in [0.3, 0.4) is 0 Å². The summed E-state index contributed by atoms with van der Waals surface area (Å²) in [7, 11) is 0. The van der Waals surface area contributed by atoms with Gasteiger partial charge in [-0.15, -0.1) is 0 Å². The highest BCUT2D eigenvalue weighted by atomic mass is 79.9. The predicted octanol–water partition coefficient (Wildman–Crippen LogP) is 5.39. The Bertz CT molecular complexity index is 1140. The zero-order valence-corrected chi connectivity index (χ0v) is 18.2. The molecule has 30 heavy (non-hydrogen) atoms. The number of hydrogen-bond acceptors (Lipinski definition) is 2. The topological polar surface area (TPSA) is 49.4 Å². The Labute approximate surface area is 182 Å². The lowest BCUT2D eigenvalue weighted by Crippen LogP contribution is -2.39. The van der Waals surface area contributed by atoms with Gasteiger partial charge in [0, 0.05) is 21.3 Å². The molecule has 6 heteroatoms. The van der Waals surface area contributed by atoms with E-state index in [1.165, 1.54) is 12.1 Å². The Morgan fingerprint density at radius 2 is 1.77 bits per heavy atom. The summed E-state index contributed by atoms with van der Waals surface area (Å²) in [5.74, 6) is -0.890. The van der Waals surface area contributed by atoms with Gasteiger partial charge >= 0.3 is 0 Å². The molecular weight excluding hydrogens is 447 g/mol. The number of anilines is 1. The molecule has 4 rings (SSSR count). The summed E-state index contributed by atoms with van der Waals surface area (Å²) in [6.45, 7) is 3.82. The quantitative estimate of drug-likeness (QED) is 0.550. The van der Waals surface area contributed by atoms with Crippen LogP contribution >= 0.6 is 15.9 Å². The van der Waals surface area contributed by atoms with E-state index in [0.717, 1.165) is 26.7 Å². The number of nitrogens with zero attached hydrogens (tertiary/aromatic N) is 1. The van der Waals surface area contributed by atoms with Gasteiger partial charge in [0.2, 0.25) is 5.91 Å². The number of halogens is 2. The zero-order chi connectivity index (χ0) is 21.4. The van der Waals surface area contributed by atoms with E-state index in [0.29, 0.717) is 11.3 Å². The molecule has 0 saturated heterocycles. The lowest BCUT2D eigenvalue weighted by atomic mass is 9.95. The molecule has 0 aliphatic carbocycles. The average molecular weight is 467 g/mol. The summed E-state index contributed by atoms with van der Waals surface area (Å²) >= 11 is 3.49. The van der Waals surface area contributed by atoms with Gasteiger partial charge in [-0.05, 0) is 73.0 Å². The monoisotopic (exact) mass is 466 g/mol. The Hall–Kier alpha value is -2.99. The summed E-state index contributed by atoms with van der Waals surface area (Å²) in [4.78, 5) is 27.8. The largest absolute Gasteiger partial charge is 0.324 e. The number of aryl methyl sites for hydroxylation is 2. The fraction of sp³-hybridized carbons (Fsp3) is 0.167. The summed E-state index contributed by atoms with van der Waals surface area (Å²) in [5, 5.41) is 2.89. The fourth-order valence-electron chi connectivity index (χ4n) is 3.71. The van der Waals surface area contributed by atoms with Crippen LogP contribution in [0.4, 0.5) is 10.1 Å². The first kappa shape index (κ1) is 20.3. The molecule has 1 unspecified atom stereocenters. The van der Waals surface area contributed by atoms with E-state index in [1.807, 2.05) is 38.1 Å². The highest BCUT2D eigenvalue weighted by Crippen LogP contribution is 2.38. The third-order valence-corrected chi connectivity index (χ3v) is 5.90. The molecule has 0 aromatic heterocycles. The van der Waals surface area contributed by atoms with Crippen LogP contribution in [0.5, 0.6) is 0 Å². The molecule has 3 aromatic carbocycles. The van der Waals surface area contributed by atoms with Crippen LogP contribution in [0, 0.1) is 19.7 Å². The smallest absolute Gasteiger partial charge is 0.255 e. The first-order valence-electron chi connectivity index (χ1n) is 9.56. The number of hydrogen-bond donors (Lipinski definition) is 1. The molecule has 4 nitrogen and oxygen atoms in total. The maximum atomic E-state index is 13.6. The van der Waals surface area contributed by atoms with Crippen molar-refractivity contribution in [3.05, 3.63) is 98.8 Å². The molecule has 1 aliphatic heterocycles. The van der Waals surface area contributed by atoms with Gasteiger partial charge in [-0.25, -0.2) is 4.39 Å². The van der Waals surface area contributed by atoms with Crippen molar-refractivity contribution in [2.45, 2.75) is 19.9 Å². The molecule has 1 aliphatic rings. The van der Waals surface area contributed by atoms with Gasteiger partial charge in [0.15, 0.2) is 0 Å². The summed E-state index contributed by atoms with van der Waals surface area (Å²) in [6.07, 6.45) is 0. The lowest BCUT2D eigenvalue weighted by Gasteiger charge is -2.31. The minimum atomic E-state index is -0.550. The standard InChI is InChI=1S/C24H20BrFN2O2/c1-14-3-4-17(11-15(14)2)24(30)28-13-22(29)27-21-10-7-18(25)12-20(21)23(28)16-5-8-19(26)9-6-16/h3-12,23H,13H2,1-2H3,(H,27,29).